The fourth-order valence-corrected chi connectivity index (χ4v) is 4.58. The van der Waals surface area contributed by atoms with Crippen LogP contribution in [-0.4, -0.2) is 30.0 Å². The molecule has 1 aromatic carbocycles. The van der Waals surface area contributed by atoms with Crippen LogP contribution in [0.2, 0.25) is 0 Å². The summed E-state index contributed by atoms with van der Waals surface area (Å²) in [6.07, 6.45) is 2.72. The molecule has 0 aliphatic carbocycles. The number of carbonyl (C=O) groups excluding carboxylic acids is 3. The van der Waals surface area contributed by atoms with E-state index in [0.29, 0.717) is 16.2 Å². The normalized spacial score (nSPS) is 18.7. The SMILES string of the molecule is CCCc1sc(C(=O)NN2C(=O)N[C@@](C)(c3ccc(OC)cc3)C2=O)cc1CC. The van der Waals surface area contributed by atoms with Crippen LogP contribution >= 0.6 is 11.3 Å². The van der Waals surface area contributed by atoms with Gasteiger partial charge in [0.2, 0.25) is 0 Å². The number of nitrogens with zero attached hydrogens (tertiary/aromatic N) is 1. The molecule has 2 aromatic rings. The van der Waals surface area contributed by atoms with Gasteiger partial charge in [0.25, 0.3) is 11.8 Å². The summed E-state index contributed by atoms with van der Waals surface area (Å²) < 4.78 is 5.14. The van der Waals surface area contributed by atoms with Gasteiger partial charge in [0.1, 0.15) is 11.3 Å². The third kappa shape index (κ3) is 3.85. The van der Waals surface area contributed by atoms with Crippen molar-refractivity contribution in [2.45, 2.75) is 45.6 Å². The van der Waals surface area contributed by atoms with Gasteiger partial charge in [0, 0.05) is 4.88 Å². The monoisotopic (exact) mass is 415 g/mol. The Morgan fingerprint density at radius 2 is 1.93 bits per heavy atom. The molecule has 1 aliphatic rings. The number of thiophene rings is 1. The van der Waals surface area contributed by atoms with Gasteiger partial charge < -0.3 is 10.1 Å². The Kier molecular flexibility index (Phi) is 5.93. The highest BCUT2D eigenvalue weighted by molar-refractivity contribution is 7.14. The summed E-state index contributed by atoms with van der Waals surface area (Å²) >= 11 is 1.41. The van der Waals surface area contributed by atoms with Gasteiger partial charge in [-0.25, -0.2) is 4.79 Å². The van der Waals surface area contributed by atoms with Crippen molar-refractivity contribution in [2.24, 2.45) is 0 Å². The van der Waals surface area contributed by atoms with Gasteiger partial charge in [0.05, 0.1) is 12.0 Å². The summed E-state index contributed by atoms with van der Waals surface area (Å²) in [6.45, 7) is 5.74. The fraction of sp³-hybridized carbons (Fsp3) is 0.381. The van der Waals surface area contributed by atoms with E-state index in [1.807, 2.05) is 13.0 Å². The zero-order valence-corrected chi connectivity index (χ0v) is 17.8. The lowest BCUT2D eigenvalue weighted by atomic mass is 9.92. The summed E-state index contributed by atoms with van der Waals surface area (Å²) in [7, 11) is 1.55. The van der Waals surface area contributed by atoms with Gasteiger partial charge in [0.15, 0.2) is 0 Å². The third-order valence-electron chi connectivity index (χ3n) is 5.05. The largest absolute Gasteiger partial charge is 0.497 e. The van der Waals surface area contributed by atoms with E-state index in [2.05, 4.69) is 17.7 Å². The second kappa shape index (κ2) is 8.24. The standard InChI is InChI=1S/C21H25N3O4S/c1-5-7-16-13(6-2)12-17(29-16)18(25)23-24-19(26)21(3,22-20(24)27)14-8-10-15(28-4)11-9-14/h8-12H,5-7H2,1-4H3,(H,22,27)(H,23,25)/t21-/m0/s1. The number of hydrazine groups is 1. The zero-order valence-electron chi connectivity index (χ0n) is 17.0. The fourth-order valence-electron chi connectivity index (χ4n) is 3.33. The van der Waals surface area contributed by atoms with Crippen LogP contribution < -0.4 is 15.5 Å². The molecule has 0 unspecified atom stereocenters. The van der Waals surface area contributed by atoms with Crippen LogP contribution in [0.1, 0.15) is 52.9 Å². The van der Waals surface area contributed by atoms with E-state index < -0.39 is 23.4 Å². The van der Waals surface area contributed by atoms with E-state index in [4.69, 9.17) is 4.74 Å². The Morgan fingerprint density at radius 1 is 1.24 bits per heavy atom. The molecule has 1 atom stereocenters. The molecular weight excluding hydrogens is 390 g/mol. The lowest BCUT2D eigenvalue weighted by Gasteiger charge is -2.22. The number of carbonyl (C=O) groups is 3. The minimum Gasteiger partial charge on any atom is -0.497 e. The number of hydrogen-bond acceptors (Lipinski definition) is 5. The van der Waals surface area contributed by atoms with Crippen molar-refractivity contribution in [3.8, 4) is 5.75 Å². The summed E-state index contributed by atoms with van der Waals surface area (Å²) in [4.78, 5) is 39.8. The van der Waals surface area contributed by atoms with E-state index in [1.165, 1.54) is 16.2 Å². The molecular formula is C21H25N3O4S. The van der Waals surface area contributed by atoms with E-state index in [1.54, 1.807) is 38.3 Å². The van der Waals surface area contributed by atoms with E-state index in [9.17, 15) is 14.4 Å². The molecule has 7 nitrogen and oxygen atoms in total. The molecule has 2 heterocycles. The molecule has 1 saturated heterocycles. The number of ether oxygens (including phenoxy) is 1. The number of methoxy groups -OCH3 is 1. The number of aryl methyl sites for hydroxylation is 2. The maximum Gasteiger partial charge on any atom is 0.344 e. The second-order valence-corrected chi connectivity index (χ2v) is 8.16. The number of amides is 4. The Bertz CT molecular complexity index is 938. The predicted molar refractivity (Wildman–Crippen MR) is 111 cm³/mol. The van der Waals surface area contributed by atoms with Crippen LogP contribution in [0.15, 0.2) is 30.3 Å². The number of imide groups is 1. The van der Waals surface area contributed by atoms with Crippen LogP contribution in [0.5, 0.6) is 5.75 Å². The molecule has 1 fully saturated rings. The zero-order chi connectivity index (χ0) is 21.2. The molecule has 0 bridgehead atoms. The highest BCUT2D eigenvalue weighted by Gasteiger charge is 2.50. The van der Waals surface area contributed by atoms with Crippen LogP contribution in [0.3, 0.4) is 0 Å². The van der Waals surface area contributed by atoms with Crippen molar-refractivity contribution in [3.63, 3.8) is 0 Å². The average Bonchev–Trinajstić information content (AvgIpc) is 3.23. The number of benzene rings is 1. The smallest absolute Gasteiger partial charge is 0.344 e. The van der Waals surface area contributed by atoms with Crippen LogP contribution in [0, 0.1) is 0 Å². The first-order valence-electron chi connectivity index (χ1n) is 9.57. The quantitative estimate of drug-likeness (QED) is 0.679. The number of urea groups is 1. The molecule has 0 radical (unpaired) electrons. The lowest BCUT2D eigenvalue weighted by molar-refractivity contribution is -0.132. The summed E-state index contributed by atoms with van der Waals surface area (Å²) in [5, 5.41) is 3.44. The van der Waals surface area contributed by atoms with Crippen molar-refractivity contribution in [2.75, 3.05) is 7.11 Å². The van der Waals surface area contributed by atoms with Crippen LogP contribution in [0.4, 0.5) is 4.79 Å². The third-order valence-corrected chi connectivity index (χ3v) is 6.29. The van der Waals surface area contributed by atoms with Crippen molar-refractivity contribution < 1.29 is 19.1 Å². The Morgan fingerprint density at radius 3 is 2.52 bits per heavy atom. The molecule has 4 amide bonds. The van der Waals surface area contributed by atoms with E-state index >= 15 is 0 Å². The Hall–Kier alpha value is -2.87. The van der Waals surface area contributed by atoms with Crippen molar-refractivity contribution in [1.29, 1.82) is 0 Å². The molecule has 3 rings (SSSR count). The summed E-state index contributed by atoms with van der Waals surface area (Å²) in [6, 6.07) is 8.04. The second-order valence-electron chi connectivity index (χ2n) is 7.03. The van der Waals surface area contributed by atoms with Crippen LogP contribution in [-0.2, 0) is 23.2 Å². The number of hydrogen-bond donors (Lipinski definition) is 2. The predicted octanol–water partition coefficient (Wildman–Crippen LogP) is 3.38. The molecule has 1 aromatic heterocycles. The minimum absolute atomic E-state index is 0.463. The summed E-state index contributed by atoms with van der Waals surface area (Å²) in [5.41, 5.74) is 2.92. The average molecular weight is 416 g/mol. The molecule has 1 aliphatic heterocycles. The van der Waals surface area contributed by atoms with Crippen molar-refractivity contribution >= 4 is 29.2 Å². The van der Waals surface area contributed by atoms with Gasteiger partial charge in [-0.15, -0.1) is 11.3 Å². The number of rotatable bonds is 7. The molecule has 0 saturated carbocycles. The lowest BCUT2D eigenvalue weighted by Crippen LogP contribution is -2.47. The minimum atomic E-state index is -1.27. The first-order chi connectivity index (χ1) is 13.8. The van der Waals surface area contributed by atoms with Gasteiger partial charge in [-0.2, -0.15) is 5.01 Å². The Labute approximate surface area is 174 Å². The van der Waals surface area contributed by atoms with Crippen molar-refractivity contribution in [1.82, 2.24) is 15.8 Å². The van der Waals surface area contributed by atoms with Gasteiger partial charge >= 0.3 is 6.03 Å². The summed E-state index contributed by atoms with van der Waals surface area (Å²) in [5.74, 6) is -0.358. The molecule has 154 valence electrons. The maximum absolute atomic E-state index is 13.0. The molecule has 29 heavy (non-hydrogen) atoms. The van der Waals surface area contributed by atoms with Gasteiger partial charge in [-0.3, -0.25) is 15.0 Å². The molecule has 8 heteroatoms. The first kappa shape index (κ1) is 20.9. The maximum atomic E-state index is 13.0. The van der Waals surface area contributed by atoms with Crippen molar-refractivity contribution in [3.05, 3.63) is 51.2 Å². The number of nitrogens with one attached hydrogen (secondary N) is 2. The van der Waals surface area contributed by atoms with E-state index in [0.717, 1.165) is 29.8 Å². The van der Waals surface area contributed by atoms with Gasteiger partial charge in [-0.1, -0.05) is 32.4 Å². The van der Waals surface area contributed by atoms with Gasteiger partial charge in [-0.05, 0) is 49.1 Å². The molecule has 2 N–H and O–H groups in total. The highest BCUT2D eigenvalue weighted by Crippen LogP contribution is 2.30. The van der Waals surface area contributed by atoms with E-state index in [-0.39, 0.29) is 0 Å². The van der Waals surface area contributed by atoms with Crippen LogP contribution in [0.25, 0.3) is 0 Å². The Balaban J connectivity index is 1.80. The first-order valence-corrected chi connectivity index (χ1v) is 10.4. The highest BCUT2D eigenvalue weighted by atomic mass is 32.1. The molecule has 0 spiro atoms. The topological polar surface area (TPSA) is 87.7 Å².